The van der Waals surface area contributed by atoms with Crippen molar-refractivity contribution in [3.8, 4) is 0 Å². The second-order valence-electron chi connectivity index (χ2n) is 7.14. The predicted molar refractivity (Wildman–Crippen MR) is 114 cm³/mol. The average molecular weight is 415 g/mol. The monoisotopic (exact) mass is 414 g/mol. The molecule has 0 spiro atoms. The van der Waals surface area contributed by atoms with Crippen LogP contribution in [0.25, 0.3) is 0 Å². The normalized spacial score (nSPS) is 16.6. The summed E-state index contributed by atoms with van der Waals surface area (Å²) in [6.45, 7) is 4.81. The van der Waals surface area contributed by atoms with Crippen LogP contribution in [0.3, 0.4) is 0 Å². The third-order valence-electron chi connectivity index (χ3n) is 5.04. The van der Waals surface area contributed by atoms with Gasteiger partial charge in [0.25, 0.3) is 0 Å². The van der Waals surface area contributed by atoms with E-state index in [-0.39, 0.29) is 29.4 Å². The van der Waals surface area contributed by atoms with Gasteiger partial charge in [0, 0.05) is 23.0 Å². The predicted octanol–water partition coefficient (Wildman–Crippen LogP) is 2.42. The van der Waals surface area contributed by atoms with E-state index >= 15 is 0 Å². The SMILES string of the molecule is Cc1cccc(NC(=O)C[S@@](=O)CC(=O)NC[C@@H]2OCCc3ccccc32)c1C. The fourth-order valence-electron chi connectivity index (χ4n) is 3.32. The number of fused-ring (bicyclic) bond motifs is 1. The summed E-state index contributed by atoms with van der Waals surface area (Å²) in [4.78, 5) is 24.3. The Bertz CT molecular complexity index is 929. The first-order valence-corrected chi connectivity index (χ1v) is 11.1. The summed E-state index contributed by atoms with van der Waals surface area (Å²) in [5.41, 5.74) is 5.04. The van der Waals surface area contributed by atoms with Crippen molar-refractivity contribution in [1.29, 1.82) is 0 Å². The molecule has 29 heavy (non-hydrogen) atoms. The lowest BCUT2D eigenvalue weighted by atomic mass is 9.97. The van der Waals surface area contributed by atoms with Gasteiger partial charge in [-0.3, -0.25) is 13.8 Å². The Hall–Kier alpha value is -2.51. The minimum Gasteiger partial charge on any atom is -0.371 e. The van der Waals surface area contributed by atoms with Gasteiger partial charge in [-0.15, -0.1) is 0 Å². The van der Waals surface area contributed by atoms with Crippen LogP contribution in [0.4, 0.5) is 5.69 Å². The van der Waals surface area contributed by atoms with Gasteiger partial charge < -0.3 is 15.4 Å². The van der Waals surface area contributed by atoms with E-state index in [0.29, 0.717) is 18.8 Å². The maximum absolute atomic E-state index is 12.2. The van der Waals surface area contributed by atoms with E-state index in [1.54, 1.807) is 6.07 Å². The van der Waals surface area contributed by atoms with Crippen LogP contribution in [0.15, 0.2) is 42.5 Å². The Morgan fingerprint density at radius 2 is 1.83 bits per heavy atom. The number of benzene rings is 2. The second-order valence-corrected chi connectivity index (χ2v) is 8.59. The van der Waals surface area contributed by atoms with E-state index < -0.39 is 10.8 Å². The minimum absolute atomic E-state index is 0.204. The lowest BCUT2D eigenvalue weighted by Crippen LogP contribution is -2.35. The Morgan fingerprint density at radius 1 is 1.07 bits per heavy atom. The Kier molecular flexibility index (Phi) is 7.17. The number of carbonyl (C=O) groups excluding carboxylic acids is 2. The lowest BCUT2D eigenvalue weighted by Gasteiger charge is -2.26. The van der Waals surface area contributed by atoms with E-state index in [4.69, 9.17) is 4.74 Å². The quantitative estimate of drug-likeness (QED) is 0.729. The smallest absolute Gasteiger partial charge is 0.237 e. The van der Waals surface area contributed by atoms with Crippen LogP contribution in [-0.4, -0.2) is 40.7 Å². The topological polar surface area (TPSA) is 84.5 Å². The summed E-state index contributed by atoms with van der Waals surface area (Å²) in [6.07, 6.45) is 0.658. The zero-order valence-corrected chi connectivity index (χ0v) is 17.5. The number of hydrogen-bond acceptors (Lipinski definition) is 4. The molecule has 0 unspecified atom stereocenters. The molecule has 2 aromatic rings. The summed E-state index contributed by atoms with van der Waals surface area (Å²) in [7, 11) is -1.58. The van der Waals surface area contributed by atoms with Gasteiger partial charge in [0.2, 0.25) is 11.8 Å². The average Bonchev–Trinajstić information content (AvgIpc) is 2.69. The molecule has 0 aromatic heterocycles. The van der Waals surface area contributed by atoms with Crippen molar-refractivity contribution < 1.29 is 18.5 Å². The fourth-order valence-corrected chi connectivity index (χ4v) is 4.18. The van der Waals surface area contributed by atoms with Gasteiger partial charge in [-0.05, 0) is 48.6 Å². The highest BCUT2D eigenvalue weighted by molar-refractivity contribution is 7.86. The largest absolute Gasteiger partial charge is 0.371 e. The highest BCUT2D eigenvalue weighted by Crippen LogP contribution is 2.26. The van der Waals surface area contributed by atoms with Crippen LogP contribution in [0.5, 0.6) is 0 Å². The summed E-state index contributed by atoms with van der Waals surface area (Å²) < 4.78 is 18.0. The van der Waals surface area contributed by atoms with Crippen LogP contribution < -0.4 is 10.6 Å². The molecule has 2 N–H and O–H groups in total. The van der Waals surface area contributed by atoms with Gasteiger partial charge in [-0.2, -0.15) is 0 Å². The fraction of sp³-hybridized carbons (Fsp3) is 0.364. The van der Waals surface area contributed by atoms with Gasteiger partial charge in [0.1, 0.15) is 17.6 Å². The van der Waals surface area contributed by atoms with Crippen molar-refractivity contribution in [2.45, 2.75) is 26.4 Å². The van der Waals surface area contributed by atoms with Gasteiger partial charge in [-0.25, -0.2) is 0 Å². The van der Waals surface area contributed by atoms with Crippen molar-refractivity contribution >= 4 is 28.3 Å². The van der Waals surface area contributed by atoms with Crippen molar-refractivity contribution in [1.82, 2.24) is 5.32 Å². The number of hydrogen-bond donors (Lipinski definition) is 2. The first-order valence-electron chi connectivity index (χ1n) is 9.61. The summed E-state index contributed by atoms with van der Waals surface area (Å²) in [6, 6.07) is 13.6. The standard InChI is InChI=1S/C22H26N2O4S/c1-15-6-5-9-19(16(15)2)24-22(26)14-29(27)13-21(25)23-12-20-18-8-4-3-7-17(18)10-11-28-20/h3-9,20H,10-14H2,1-2H3,(H,23,25)(H,24,26)/t20-,29-/m0/s1. The molecule has 0 aliphatic carbocycles. The molecule has 6 nitrogen and oxygen atoms in total. The number of nitrogens with one attached hydrogen (secondary N) is 2. The van der Waals surface area contributed by atoms with Gasteiger partial charge in [0.05, 0.1) is 6.61 Å². The van der Waals surface area contributed by atoms with E-state index in [1.807, 2.05) is 44.2 Å². The molecule has 0 bridgehead atoms. The molecule has 0 fully saturated rings. The third-order valence-corrected chi connectivity index (χ3v) is 6.21. The van der Waals surface area contributed by atoms with E-state index in [2.05, 4.69) is 16.7 Å². The number of anilines is 1. The van der Waals surface area contributed by atoms with E-state index in [1.165, 1.54) is 5.56 Å². The van der Waals surface area contributed by atoms with Crippen LogP contribution in [0.2, 0.25) is 0 Å². The van der Waals surface area contributed by atoms with Crippen molar-refractivity contribution in [2.24, 2.45) is 0 Å². The maximum atomic E-state index is 12.2. The van der Waals surface area contributed by atoms with Gasteiger partial charge in [-0.1, -0.05) is 36.4 Å². The minimum atomic E-state index is -1.58. The third kappa shape index (κ3) is 5.74. The molecule has 2 aromatic carbocycles. The summed E-state index contributed by atoms with van der Waals surface area (Å²) in [5.74, 6) is -1.15. The van der Waals surface area contributed by atoms with Crippen LogP contribution >= 0.6 is 0 Å². The van der Waals surface area contributed by atoms with Gasteiger partial charge in [0.15, 0.2) is 0 Å². The van der Waals surface area contributed by atoms with Crippen LogP contribution in [-0.2, 0) is 31.5 Å². The Labute approximate surface area is 173 Å². The first-order chi connectivity index (χ1) is 13.9. The molecule has 0 saturated carbocycles. The molecule has 154 valence electrons. The Balaban J connectivity index is 1.45. The molecule has 0 saturated heterocycles. The first kappa shape index (κ1) is 21.2. The molecule has 3 rings (SSSR count). The van der Waals surface area contributed by atoms with Crippen molar-refractivity contribution in [2.75, 3.05) is 30.0 Å². The molecule has 2 amide bonds. The highest BCUT2D eigenvalue weighted by atomic mass is 32.2. The number of amides is 2. The number of aryl methyl sites for hydroxylation is 1. The van der Waals surface area contributed by atoms with Crippen LogP contribution in [0.1, 0.15) is 28.4 Å². The molecular weight excluding hydrogens is 388 g/mol. The number of carbonyl (C=O) groups is 2. The summed E-state index contributed by atoms with van der Waals surface area (Å²) >= 11 is 0. The van der Waals surface area contributed by atoms with Crippen molar-refractivity contribution in [3.63, 3.8) is 0 Å². The lowest BCUT2D eigenvalue weighted by molar-refractivity contribution is -0.119. The Morgan fingerprint density at radius 3 is 2.66 bits per heavy atom. The van der Waals surface area contributed by atoms with E-state index in [0.717, 1.165) is 23.1 Å². The number of rotatable bonds is 7. The highest BCUT2D eigenvalue weighted by Gasteiger charge is 2.21. The number of ether oxygens (including phenoxy) is 1. The molecule has 1 aliphatic heterocycles. The van der Waals surface area contributed by atoms with Crippen molar-refractivity contribution in [3.05, 3.63) is 64.7 Å². The molecule has 1 heterocycles. The molecule has 2 atom stereocenters. The molecule has 7 heteroatoms. The zero-order valence-electron chi connectivity index (χ0n) is 16.7. The molecular formula is C22H26N2O4S. The van der Waals surface area contributed by atoms with Gasteiger partial charge >= 0.3 is 0 Å². The van der Waals surface area contributed by atoms with Crippen LogP contribution in [0, 0.1) is 13.8 Å². The maximum Gasteiger partial charge on any atom is 0.237 e. The molecule has 1 aliphatic rings. The molecule has 0 radical (unpaired) electrons. The summed E-state index contributed by atoms with van der Waals surface area (Å²) in [5, 5.41) is 5.54. The second kappa shape index (κ2) is 9.80. The zero-order chi connectivity index (χ0) is 20.8. The van der Waals surface area contributed by atoms with E-state index in [9.17, 15) is 13.8 Å².